The van der Waals surface area contributed by atoms with Crippen LogP contribution in [-0.2, 0) is 12.6 Å². The maximum Gasteiger partial charge on any atom is 0.417 e. The van der Waals surface area contributed by atoms with Crippen molar-refractivity contribution >= 4 is 11.6 Å². The molecule has 3 aromatic rings. The number of alkyl halides is 3. The van der Waals surface area contributed by atoms with Crippen LogP contribution in [-0.4, -0.2) is 16.6 Å². The van der Waals surface area contributed by atoms with Gasteiger partial charge in [-0.25, -0.2) is 4.79 Å². The van der Waals surface area contributed by atoms with Crippen LogP contribution in [0.1, 0.15) is 16.7 Å². The monoisotopic (exact) mass is 424 g/mol. The van der Waals surface area contributed by atoms with E-state index in [1.807, 2.05) is 0 Å². The maximum absolute atomic E-state index is 12.9. The Morgan fingerprint density at radius 2 is 1.79 bits per heavy atom. The van der Waals surface area contributed by atoms with Gasteiger partial charge in [0.2, 0.25) is 5.88 Å². The maximum atomic E-state index is 12.9. The summed E-state index contributed by atoms with van der Waals surface area (Å²) >= 11 is 5.60. The lowest BCUT2D eigenvalue weighted by atomic mass is 10.1. The van der Waals surface area contributed by atoms with Crippen LogP contribution in [0.3, 0.4) is 0 Å². The van der Waals surface area contributed by atoms with E-state index in [1.165, 1.54) is 12.3 Å². The van der Waals surface area contributed by atoms with Gasteiger partial charge in [-0.1, -0.05) is 23.7 Å². The van der Waals surface area contributed by atoms with Gasteiger partial charge in [-0.3, -0.25) is 0 Å². The summed E-state index contributed by atoms with van der Waals surface area (Å²) in [7, 11) is 0. The SMILES string of the molecule is Cc1c[nH]c(=O)nc1OCCc1ccc(Oc2ccc(Cl)c(C(F)(F)F)c2)cc1. The van der Waals surface area contributed by atoms with Crippen molar-refractivity contribution < 1.29 is 22.6 Å². The minimum atomic E-state index is -4.56. The molecule has 1 N–H and O–H groups in total. The minimum absolute atomic E-state index is 0.0358. The summed E-state index contributed by atoms with van der Waals surface area (Å²) in [5, 5.41) is -0.384. The number of hydrogen-bond acceptors (Lipinski definition) is 4. The normalized spacial score (nSPS) is 11.3. The van der Waals surface area contributed by atoms with Crippen molar-refractivity contribution in [3.63, 3.8) is 0 Å². The molecule has 29 heavy (non-hydrogen) atoms. The number of hydrogen-bond donors (Lipinski definition) is 1. The van der Waals surface area contributed by atoms with Crippen LogP contribution in [0.2, 0.25) is 5.02 Å². The minimum Gasteiger partial charge on any atom is -0.477 e. The van der Waals surface area contributed by atoms with Gasteiger partial charge in [-0.05, 0) is 42.8 Å². The number of halogens is 4. The first kappa shape index (κ1) is 20.7. The van der Waals surface area contributed by atoms with E-state index in [-0.39, 0.29) is 16.7 Å². The van der Waals surface area contributed by atoms with Gasteiger partial charge in [0.05, 0.1) is 17.2 Å². The predicted molar refractivity (Wildman–Crippen MR) is 102 cm³/mol. The summed E-state index contributed by atoms with van der Waals surface area (Å²) in [6, 6.07) is 10.2. The van der Waals surface area contributed by atoms with Crippen molar-refractivity contribution in [2.45, 2.75) is 19.5 Å². The van der Waals surface area contributed by atoms with Gasteiger partial charge in [0.25, 0.3) is 0 Å². The van der Waals surface area contributed by atoms with E-state index in [0.29, 0.717) is 18.8 Å². The molecule has 2 aromatic carbocycles. The molecule has 0 unspecified atom stereocenters. The van der Waals surface area contributed by atoms with Crippen LogP contribution in [0.4, 0.5) is 13.2 Å². The molecule has 0 amide bonds. The number of aromatic nitrogens is 2. The summed E-state index contributed by atoms with van der Waals surface area (Å²) < 4.78 is 49.8. The molecule has 0 saturated carbocycles. The molecule has 0 bridgehead atoms. The second kappa shape index (κ2) is 8.57. The van der Waals surface area contributed by atoms with Crippen molar-refractivity contribution in [1.29, 1.82) is 0 Å². The number of rotatable bonds is 6. The van der Waals surface area contributed by atoms with E-state index in [0.717, 1.165) is 23.3 Å². The van der Waals surface area contributed by atoms with Crippen molar-refractivity contribution in [3.05, 3.63) is 80.9 Å². The van der Waals surface area contributed by atoms with Crippen LogP contribution in [0.5, 0.6) is 17.4 Å². The molecule has 0 aliphatic carbocycles. The number of H-pyrrole nitrogens is 1. The first-order chi connectivity index (χ1) is 13.7. The smallest absolute Gasteiger partial charge is 0.417 e. The van der Waals surface area contributed by atoms with E-state index in [9.17, 15) is 18.0 Å². The molecule has 0 saturated heterocycles. The van der Waals surface area contributed by atoms with Crippen molar-refractivity contribution in [2.24, 2.45) is 0 Å². The Labute approximate surface area is 169 Å². The molecule has 152 valence electrons. The third-order valence-electron chi connectivity index (χ3n) is 3.98. The van der Waals surface area contributed by atoms with E-state index >= 15 is 0 Å². The number of benzene rings is 2. The zero-order chi connectivity index (χ0) is 21.0. The van der Waals surface area contributed by atoms with Crippen LogP contribution in [0.15, 0.2) is 53.5 Å². The number of nitrogens with zero attached hydrogens (tertiary/aromatic N) is 1. The molecule has 1 aromatic heterocycles. The highest BCUT2D eigenvalue weighted by Crippen LogP contribution is 2.37. The largest absolute Gasteiger partial charge is 0.477 e. The summed E-state index contributed by atoms with van der Waals surface area (Å²) in [6.07, 6.45) is -2.48. The van der Waals surface area contributed by atoms with Crippen molar-refractivity contribution in [1.82, 2.24) is 9.97 Å². The average molecular weight is 425 g/mol. The van der Waals surface area contributed by atoms with Crippen LogP contribution in [0, 0.1) is 6.92 Å². The lowest BCUT2D eigenvalue weighted by Gasteiger charge is -2.12. The summed E-state index contributed by atoms with van der Waals surface area (Å²) in [5.74, 6) is 0.697. The van der Waals surface area contributed by atoms with E-state index in [2.05, 4.69) is 9.97 Å². The number of aryl methyl sites for hydroxylation is 1. The molecule has 0 atom stereocenters. The Morgan fingerprint density at radius 1 is 1.10 bits per heavy atom. The molecule has 0 radical (unpaired) electrons. The fraction of sp³-hybridized carbons (Fsp3) is 0.200. The Morgan fingerprint density at radius 3 is 2.48 bits per heavy atom. The number of ether oxygens (including phenoxy) is 2. The molecule has 5 nitrogen and oxygen atoms in total. The van der Waals surface area contributed by atoms with Gasteiger partial charge in [-0.15, -0.1) is 0 Å². The molecule has 3 rings (SSSR count). The van der Waals surface area contributed by atoms with Crippen molar-refractivity contribution in [2.75, 3.05) is 6.61 Å². The lowest BCUT2D eigenvalue weighted by Crippen LogP contribution is -2.13. The highest BCUT2D eigenvalue weighted by molar-refractivity contribution is 6.31. The lowest BCUT2D eigenvalue weighted by molar-refractivity contribution is -0.137. The van der Waals surface area contributed by atoms with E-state index < -0.39 is 17.4 Å². The van der Waals surface area contributed by atoms with Gasteiger partial charge in [0.1, 0.15) is 11.5 Å². The van der Waals surface area contributed by atoms with Gasteiger partial charge < -0.3 is 14.5 Å². The fourth-order valence-corrected chi connectivity index (χ4v) is 2.73. The number of nitrogens with one attached hydrogen (secondary N) is 1. The highest BCUT2D eigenvalue weighted by atomic mass is 35.5. The second-order valence-corrected chi connectivity index (χ2v) is 6.58. The fourth-order valence-electron chi connectivity index (χ4n) is 2.50. The van der Waals surface area contributed by atoms with Gasteiger partial charge in [0, 0.05) is 18.2 Å². The van der Waals surface area contributed by atoms with E-state index in [1.54, 1.807) is 31.2 Å². The molecule has 9 heteroatoms. The Hall–Kier alpha value is -3.00. The summed E-state index contributed by atoms with van der Waals surface area (Å²) in [5.41, 5.74) is 0.207. The topological polar surface area (TPSA) is 64.2 Å². The highest BCUT2D eigenvalue weighted by Gasteiger charge is 2.33. The second-order valence-electron chi connectivity index (χ2n) is 6.18. The molecule has 0 spiro atoms. The molecular formula is C20H16ClF3N2O3. The molecule has 0 aliphatic heterocycles. The zero-order valence-electron chi connectivity index (χ0n) is 15.2. The molecule has 1 heterocycles. The number of aromatic amines is 1. The molecule has 0 fully saturated rings. The van der Waals surface area contributed by atoms with E-state index in [4.69, 9.17) is 21.1 Å². The standard InChI is InChI=1S/C20H16ClF3N2O3/c1-12-11-25-19(27)26-18(12)28-9-8-13-2-4-14(5-3-13)29-15-6-7-17(21)16(10-15)20(22,23)24/h2-7,10-11H,8-9H2,1H3,(H,25,26,27). The predicted octanol–water partition coefficient (Wildman–Crippen LogP) is 5.16. The molecular weight excluding hydrogens is 409 g/mol. The Kier molecular flexibility index (Phi) is 6.12. The van der Waals surface area contributed by atoms with Crippen LogP contribution in [0.25, 0.3) is 0 Å². The third-order valence-corrected chi connectivity index (χ3v) is 4.31. The quantitative estimate of drug-likeness (QED) is 0.593. The van der Waals surface area contributed by atoms with Gasteiger partial charge >= 0.3 is 11.9 Å². The first-order valence-corrected chi connectivity index (χ1v) is 8.93. The summed E-state index contributed by atoms with van der Waals surface area (Å²) in [6.45, 7) is 2.08. The third kappa shape index (κ3) is 5.51. The van der Waals surface area contributed by atoms with Gasteiger partial charge in [0.15, 0.2) is 0 Å². The zero-order valence-corrected chi connectivity index (χ0v) is 16.0. The van der Waals surface area contributed by atoms with Crippen molar-refractivity contribution in [3.8, 4) is 17.4 Å². The molecule has 0 aliphatic rings. The Bertz CT molecular complexity index is 1050. The first-order valence-electron chi connectivity index (χ1n) is 8.55. The van der Waals surface area contributed by atoms with Crippen LogP contribution >= 0.6 is 11.6 Å². The Balaban J connectivity index is 1.60. The van der Waals surface area contributed by atoms with Crippen LogP contribution < -0.4 is 15.2 Å². The average Bonchev–Trinajstić information content (AvgIpc) is 2.66. The van der Waals surface area contributed by atoms with Gasteiger partial charge in [-0.2, -0.15) is 18.2 Å². The summed E-state index contributed by atoms with van der Waals surface area (Å²) in [4.78, 5) is 17.4.